The molecule has 3 N–H and O–H groups in total. The third-order valence-electron chi connectivity index (χ3n) is 2.62. The van der Waals surface area contributed by atoms with Crippen LogP contribution in [-0.2, 0) is 9.36 Å². The van der Waals surface area contributed by atoms with Crippen LogP contribution in [0.2, 0.25) is 0 Å². The van der Waals surface area contributed by atoms with Crippen LogP contribution in [0.3, 0.4) is 0 Å². The number of fused-ring (bicyclic) bond motifs is 1. The molecule has 2 rings (SSSR count). The maximum Gasteiger partial charge on any atom is 0.212 e. The van der Waals surface area contributed by atoms with Crippen LogP contribution < -0.4 is 16.4 Å². The molecule has 0 saturated heterocycles. The van der Waals surface area contributed by atoms with Crippen molar-refractivity contribution in [3.63, 3.8) is 0 Å². The fourth-order valence-corrected chi connectivity index (χ4v) is 3.41. The number of hydrogen-bond acceptors (Lipinski definition) is 4. The molecule has 1 aromatic carbocycles. The van der Waals surface area contributed by atoms with Crippen LogP contribution in [0, 0.1) is 0 Å². The van der Waals surface area contributed by atoms with Gasteiger partial charge in [-0.2, -0.15) is 0 Å². The van der Waals surface area contributed by atoms with Gasteiger partial charge < -0.3 is 15.6 Å². The molecule has 0 aliphatic carbocycles. The molecule has 5 nitrogen and oxygen atoms in total. The van der Waals surface area contributed by atoms with Crippen molar-refractivity contribution in [2.45, 2.75) is 0 Å². The Labute approximate surface area is 105 Å². The van der Waals surface area contributed by atoms with Crippen molar-refractivity contribution in [3.8, 4) is 0 Å². The van der Waals surface area contributed by atoms with Gasteiger partial charge in [-0.15, -0.1) is 0 Å². The summed E-state index contributed by atoms with van der Waals surface area (Å²) in [5.41, 5.74) is 7.07. The lowest BCUT2D eigenvalue weighted by atomic mass is 10.2. The standard InChI is InChI=1S/C12H14N3O2P/c1-18(2,17)12-8-3-6-11(14-7-16)15-10(8)5-4-9(12)13/h3-7H,13H2,1-2H3,(H,14,15,16). The zero-order chi connectivity index (χ0) is 13.3. The summed E-state index contributed by atoms with van der Waals surface area (Å²) in [6.45, 7) is 3.35. The van der Waals surface area contributed by atoms with Crippen LogP contribution in [-0.4, -0.2) is 24.7 Å². The first-order valence-electron chi connectivity index (χ1n) is 5.38. The summed E-state index contributed by atoms with van der Waals surface area (Å²) in [4.78, 5) is 14.6. The highest BCUT2D eigenvalue weighted by Gasteiger charge is 2.18. The Morgan fingerprint density at radius 2 is 2.00 bits per heavy atom. The van der Waals surface area contributed by atoms with Crippen molar-refractivity contribution in [2.75, 3.05) is 24.4 Å². The lowest BCUT2D eigenvalue weighted by Crippen LogP contribution is -2.12. The van der Waals surface area contributed by atoms with Crippen molar-refractivity contribution >= 4 is 41.3 Å². The van der Waals surface area contributed by atoms with Crippen LogP contribution in [0.4, 0.5) is 11.5 Å². The van der Waals surface area contributed by atoms with Crippen molar-refractivity contribution in [1.82, 2.24) is 4.98 Å². The number of aromatic nitrogens is 1. The van der Waals surface area contributed by atoms with Crippen molar-refractivity contribution in [3.05, 3.63) is 24.3 Å². The molecule has 0 unspecified atom stereocenters. The van der Waals surface area contributed by atoms with E-state index in [0.717, 1.165) is 5.39 Å². The average Bonchev–Trinajstić information content (AvgIpc) is 2.28. The molecule has 2 aromatic rings. The van der Waals surface area contributed by atoms with Gasteiger partial charge >= 0.3 is 0 Å². The molecule has 0 spiro atoms. The van der Waals surface area contributed by atoms with E-state index in [9.17, 15) is 9.36 Å². The van der Waals surface area contributed by atoms with E-state index in [1.165, 1.54) is 0 Å². The number of hydrogen-bond donors (Lipinski definition) is 2. The van der Waals surface area contributed by atoms with E-state index in [0.29, 0.717) is 28.7 Å². The Bertz CT molecular complexity index is 664. The quantitative estimate of drug-likeness (QED) is 0.500. The van der Waals surface area contributed by atoms with Crippen LogP contribution >= 0.6 is 7.14 Å². The third kappa shape index (κ3) is 2.22. The molecule has 18 heavy (non-hydrogen) atoms. The Morgan fingerprint density at radius 3 is 2.61 bits per heavy atom. The van der Waals surface area contributed by atoms with E-state index < -0.39 is 7.14 Å². The van der Waals surface area contributed by atoms with E-state index in [1.807, 2.05) is 0 Å². The Balaban J connectivity index is 2.75. The monoisotopic (exact) mass is 263 g/mol. The van der Waals surface area contributed by atoms with E-state index in [4.69, 9.17) is 5.73 Å². The number of carbonyl (C=O) groups is 1. The summed E-state index contributed by atoms with van der Waals surface area (Å²) in [7, 11) is -2.49. The van der Waals surface area contributed by atoms with Gasteiger partial charge in [-0.05, 0) is 37.6 Å². The summed E-state index contributed by atoms with van der Waals surface area (Å²) in [5, 5.41) is 3.89. The second-order valence-corrected chi connectivity index (χ2v) is 7.53. The molecule has 0 atom stereocenters. The molecule has 0 radical (unpaired) electrons. The molecule has 0 bridgehead atoms. The van der Waals surface area contributed by atoms with Crippen LogP contribution in [0.25, 0.3) is 10.9 Å². The number of carbonyl (C=O) groups excluding carboxylic acids is 1. The molecule has 0 saturated carbocycles. The van der Waals surface area contributed by atoms with Gasteiger partial charge in [-0.25, -0.2) is 4.98 Å². The topological polar surface area (TPSA) is 85.1 Å². The fraction of sp³-hybridized carbons (Fsp3) is 0.167. The number of benzene rings is 1. The predicted molar refractivity (Wildman–Crippen MR) is 74.9 cm³/mol. The van der Waals surface area contributed by atoms with Gasteiger partial charge in [0.1, 0.15) is 13.0 Å². The highest BCUT2D eigenvalue weighted by Crippen LogP contribution is 2.40. The second kappa shape index (κ2) is 4.42. The second-order valence-electron chi connectivity index (χ2n) is 4.38. The van der Waals surface area contributed by atoms with Gasteiger partial charge in [-0.1, -0.05) is 0 Å². The van der Waals surface area contributed by atoms with E-state index in [1.54, 1.807) is 37.6 Å². The highest BCUT2D eigenvalue weighted by atomic mass is 31.2. The number of amides is 1. The van der Waals surface area contributed by atoms with Gasteiger partial charge in [0.15, 0.2) is 0 Å². The minimum Gasteiger partial charge on any atom is -0.398 e. The first kappa shape index (κ1) is 12.6. The molecule has 0 aliphatic heterocycles. The summed E-state index contributed by atoms with van der Waals surface area (Å²) in [6, 6.07) is 6.88. The number of nitrogens with zero attached hydrogens (tertiary/aromatic N) is 1. The number of nitrogens with one attached hydrogen (secondary N) is 1. The zero-order valence-electron chi connectivity index (χ0n) is 10.2. The molecule has 6 heteroatoms. The maximum absolute atomic E-state index is 12.3. The molecular formula is C12H14N3O2P. The molecule has 1 amide bonds. The fourth-order valence-electron chi connectivity index (χ4n) is 1.95. The number of nitrogen functional groups attached to an aromatic ring is 1. The Morgan fingerprint density at radius 1 is 1.28 bits per heavy atom. The van der Waals surface area contributed by atoms with Crippen molar-refractivity contribution in [2.24, 2.45) is 0 Å². The minimum absolute atomic E-state index is 0.454. The molecule has 0 aliphatic rings. The lowest BCUT2D eigenvalue weighted by molar-refractivity contribution is -0.105. The molecule has 1 heterocycles. The van der Waals surface area contributed by atoms with Crippen molar-refractivity contribution in [1.29, 1.82) is 0 Å². The van der Waals surface area contributed by atoms with Gasteiger partial charge in [0.2, 0.25) is 6.41 Å². The Kier molecular flexibility index (Phi) is 3.09. The van der Waals surface area contributed by atoms with Gasteiger partial charge in [-0.3, -0.25) is 4.79 Å². The largest absolute Gasteiger partial charge is 0.398 e. The zero-order valence-corrected chi connectivity index (χ0v) is 11.1. The van der Waals surface area contributed by atoms with Gasteiger partial charge in [0.25, 0.3) is 0 Å². The van der Waals surface area contributed by atoms with Crippen molar-refractivity contribution < 1.29 is 9.36 Å². The Hall–Kier alpha value is -1.87. The van der Waals surface area contributed by atoms with Crippen LogP contribution in [0.15, 0.2) is 24.3 Å². The summed E-state index contributed by atoms with van der Waals surface area (Å²) >= 11 is 0. The van der Waals surface area contributed by atoms with E-state index in [2.05, 4.69) is 10.3 Å². The highest BCUT2D eigenvalue weighted by molar-refractivity contribution is 7.71. The number of pyridine rings is 1. The number of anilines is 2. The normalized spacial score (nSPS) is 11.4. The lowest BCUT2D eigenvalue weighted by Gasteiger charge is -2.14. The first-order chi connectivity index (χ1) is 8.43. The average molecular weight is 263 g/mol. The SMILES string of the molecule is CP(C)(=O)c1c(N)ccc2nc(NC=O)ccc12. The summed E-state index contributed by atoms with van der Waals surface area (Å²) in [5.74, 6) is 0.454. The first-order valence-corrected chi connectivity index (χ1v) is 7.98. The van der Waals surface area contributed by atoms with Gasteiger partial charge in [0, 0.05) is 16.4 Å². The number of nitrogens with two attached hydrogens (primary N) is 1. The molecule has 1 aromatic heterocycles. The summed E-state index contributed by atoms with van der Waals surface area (Å²) < 4.78 is 12.3. The smallest absolute Gasteiger partial charge is 0.212 e. The predicted octanol–water partition coefficient (Wildman–Crippen LogP) is 1.63. The molecule has 94 valence electrons. The number of rotatable bonds is 3. The third-order valence-corrected chi connectivity index (χ3v) is 4.20. The van der Waals surface area contributed by atoms with Gasteiger partial charge in [0.05, 0.1) is 5.52 Å². The van der Waals surface area contributed by atoms with E-state index in [-0.39, 0.29) is 0 Å². The minimum atomic E-state index is -2.49. The maximum atomic E-state index is 12.3. The summed E-state index contributed by atoms with van der Waals surface area (Å²) in [6.07, 6.45) is 0.566. The molecular weight excluding hydrogens is 249 g/mol. The molecule has 0 fully saturated rings. The van der Waals surface area contributed by atoms with Crippen LogP contribution in [0.1, 0.15) is 0 Å². The van der Waals surface area contributed by atoms with Crippen LogP contribution in [0.5, 0.6) is 0 Å². The van der Waals surface area contributed by atoms with E-state index >= 15 is 0 Å².